The van der Waals surface area contributed by atoms with Gasteiger partial charge in [-0.15, -0.1) is 0 Å². The molecule has 1 N–H and O–H groups in total. The summed E-state index contributed by atoms with van der Waals surface area (Å²) in [6.07, 6.45) is 3.83. The van der Waals surface area contributed by atoms with Gasteiger partial charge in [-0.1, -0.05) is 30.3 Å². The highest BCUT2D eigenvalue weighted by Crippen LogP contribution is 2.37. The molecule has 2 aliphatic heterocycles. The Balaban J connectivity index is 1.77. The van der Waals surface area contributed by atoms with Gasteiger partial charge in [0.25, 0.3) is 5.91 Å². The molecule has 2 aliphatic rings. The van der Waals surface area contributed by atoms with Crippen LogP contribution in [0.1, 0.15) is 46.9 Å². The van der Waals surface area contributed by atoms with Crippen LogP contribution < -0.4 is 15.2 Å². The summed E-state index contributed by atoms with van der Waals surface area (Å²) >= 11 is 0. The molecule has 8 heteroatoms. The van der Waals surface area contributed by atoms with Crippen LogP contribution in [0.25, 0.3) is 0 Å². The van der Waals surface area contributed by atoms with Crippen LogP contribution in [-0.2, 0) is 0 Å². The van der Waals surface area contributed by atoms with Crippen LogP contribution in [0.5, 0.6) is 11.5 Å². The molecule has 2 aromatic carbocycles. The molecule has 0 spiro atoms. The minimum Gasteiger partial charge on any atom is -0.502 e. The van der Waals surface area contributed by atoms with Gasteiger partial charge in [-0.2, -0.15) is 0 Å². The van der Waals surface area contributed by atoms with Gasteiger partial charge >= 0.3 is 0 Å². The number of hydrogen-bond donors (Lipinski definition) is 1. The maximum absolute atomic E-state index is 14.2. The number of pyridine rings is 1. The van der Waals surface area contributed by atoms with E-state index in [0.717, 1.165) is 30.4 Å². The first kappa shape index (κ1) is 21.1. The fraction of sp³-hybridized carbons (Fsp3) is 0.280. The van der Waals surface area contributed by atoms with E-state index < -0.39 is 23.0 Å². The second-order valence-electron chi connectivity index (χ2n) is 8.28. The van der Waals surface area contributed by atoms with Gasteiger partial charge in [0.2, 0.25) is 5.43 Å². The number of ether oxygens (including phenoxy) is 1. The standard InChI is InChI=1S/C25H24FN3O4/c26-18-9-10-19-21(15-18)33-14-6-2-5-12-27-16-29(22(19)17-7-3-1-4-8-17)28-13-11-20(30)24(31)23(28)25(27)32/h1,3-4,7-11,13,15,22,31H,2,5-6,12,14,16H2/t22-/m1/s1. The lowest BCUT2D eigenvalue weighted by Gasteiger charge is -2.44. The quantitative estimate of drug-likeness (QED) is 0.617. The van der Waals surface area contributed by atoms with E-state index in [1.165, 1.54) is 29.1 Å². The molecule has 3 heterocycles. The maximum Gasteiger partial charge on any atom is 0.277 e. The van der Waals surface area contributed by atoms with Crippen molar-refractivity contribution in [3.63, 3.8) is 0 Å². The van der Waals surface area contributed by atoms with Crippen molar-refractivity contribution in [2.45, 2.75) is 25.3 Å². The Hall–Kier alpha value is -3.81. The number of carbonyl (C=O) groups is 1. The average molecular weight is 449 g/mol. The van der Waals surface area contributed by atoms with Crippen molar-refractivity contribution in [2.75, 3.05) is 24.8 Å². The lowest BCUT2D eigenvalue weighted by Crippen LogP contribution is -2.55. The third-order valence-corrected chi connectivity index (χ3v) is 6.15. The highest BCUT2D eigenvalue weighted by atomic mass is 19.1. The van der Waals surface area contributed by atoms with Gasteiger partial charge in [0.05, 0.1) is 6.61 Å². The molecule has 0 saturated carbocycles. The van der Waals surface area contributed by atoms with Crippen molar-refractivity contribution in [3.8, 4) is 11.5 Å². The third kappa shape index (κ3) is 3.82. The highest BCUT2D eigenvalue weighted by Gasteiger charge is 2.37. The summed E-state index contributed by atoms with van der Waals surface area (Å²) in [6, 6.07) is 14.9. The molecule has 0 aliphatic carbocycles. The molecule has 1 aromatic heterocycles. The molecule has 0 radical (unpaired) electrons. The molecule has 1 atom stereocenters. The van der Waals surface area contributed by atoms with Crippen molar-refractivity contribution < 1.29 is 19.0 Å². The number of aromatic hydroxyl groups is 1. The van der Waals surface area contributed by atoms with Gasteiger partial charge in [0.15, 0.2) is 11.4 Å². The van der Waals surface area contributed by atoms with E-state index in [1.807, 2.05) is 35.3 Å². The Morgan fingerprint density at radius 1 is 1.00 bits per heavy atom. The summed E-state index contributed by atoms with van der Waals surface area (Å²) in [5.74, 6) is -0.933. The Morgan fingerprint density at radius 3 is 2.64 bits per heavy atom. The molecule has 7 nitrogen and oxygen atoms in total. The zero-order valence-corrected chi connectivity index (χ0v) is 18.0. The lowest BCUT2D eigenvalue weighted by molar-refractivity contribution is 0.0674. The van der Waals surface area contributed by atoms with Gasteiger partial charge in [-0.05, 0) is 37.0 Å². The largest absolute Gasteiger partial charge is 0.502 e. The number of rotatable bonds is 1. The summed E-state index contributed by atoms with van der Waals surface area (Å²) in [5.41, 5.74) is 0.932. The zero-order valence-electron chi connectivity index (χ0n) is 18.0. The second-order valence-corrected chi connectivity index (χ2v) is 8.28. The van der Waals surface area contributed by atoms with E-state index in [4.69, 9.17) is 4.74 Å². The summed E-state index contributed by atoms with van der Waals surface area (Å²) < 4.78 is 21.8. The summed E-state index contributed by atoms with van der Waals surface area (Å²) in [6.45, 7) is 1.15. The molecule has 2 bridgehead atoms. The van der Waals surface area contributed by atoms with Crippen LogP contribution in [0.4, 0.5) is 4.39 Å². The van der Waals surface area contributed by atoms with Gasteiger partial charge in [0, 0.05) is 30.4 Å². The van der Waals surface area contributed by atoms with Crippen LogP contribution in [-0.4, -0.2) is 40.4 Å². The van der Waals surface area contributed by atoms with E-state index in [1.54, 1.807) is 11.0 Å². The van der Waals surface area contributed by atoms with E-state index in [-0.39, 0.29) is 18.3 Å². The smallest absolute Gasteiger partial charge is 0.277 e. The molecule has 3 aromatic rings. The normalized spacial score (nSPS) is 18.5. The number of benzene rings is 2. The van der Waals surface area contributed by atoms with E-state index in [9.17, 15) is 19.1 Å². The van der Waals surface area contributed by atoms with Crippen LogP contribution in [0.3, 0.4) is 0 Å². The van der Waals surface area contributed by atoms with Crippen LogP contribution in [0.2, 0.25) is 0 Å². The number of halogens is 1. The number of nitrogens with zero attached hydrogens (tertiary/aromatic N) is 3. The van der Waals surface area contributed by atoms with E-state index in [2.05, 4.69) is 0 Å². The number of amides is 1. The number of carbonyl (C=O) groups excluding carboxylic acids is 1. The molecule has 0 fully saturated rings. The van der Waals surface area contributed by atoms with Gasteiger partial charge in [-0.25, -0.2) is 4.39 Å². The monoisotopic (exact) mass is 449 g/mol. The molecular weight excluding hydrogens is 425 g/mol. The van der Waals surface area contributed by atoms with Crippen LogP contribution >= 0.6 is 0 Å². The Morgan fingerprint density at radius 2 is 1.82 bits per heavy atom. The molecule has 170 valence electrons. The third-order valence-electron chi connectivity index (χ3n) is 6.15. The SMILES string of the molecule is O=C1c2c(O)c(=O)ccn2N2CN1CCCCCOc1cc(F)ccc1[C@H]2c1ccccc1. The molecule has 5 rings (SSSR count). The van der Waals surface area contributed by atoms with E-state index >= 15 is 0 Å². The molecular formula is C25H24FN3O4. The van der Waals surface area contributed by atoms with Gasteiger partial charge in [-0.3, -0.25) is 19.3 Å². The number of aromatic nitrogens is 1. The highest BCUT2D eigenvalue weighted by molar-refractivity contribution is 5.96. The number of fused-ring (bicyclic) bond motifs is 5. The zero-order chi connectivity index (χ0) is 22.9. The van der Waals surface area contributed by atoms with Gasteiger partial charge in [0.1, 0.15) is 24.3 Å². The minimum atomic E-state index is -0.611. The molecule has 33 heavy (non-hydrogen) atoms. The maximum atomic E-state index is 14.2. The number of hydrogen-bond acceptors (Lipinski definition) is 5. The predicted molar refractivity (Wildman–Crippen MR) is 121 cm³/mol. The molecule has 0 unspecified atom stereocenters. The Kier molecular flexibility index (Phi) is 5.50. The van der Waals surface area contributed by atoms with Crippen molar-refractivity contribution >= 4 is 5.91 Å². The average Bonchev–Trinajstić information content (AvgIpc) is 2.81. The van der Waals surface area contributed by atoms with Crippen molar-refractivity contribution in [3.05, 3.63) is 93.7 Å². The van der Waals surface area contributed by atoms with Crippen molar-refractivity contribution in [1.82, 2.24) is 9.58 Å². The fourth-order valence-electron chi connectivity index (χ4n) is 4.54. The molecule has 1 amide bonds. The van der Waals surface area contributed by atoms with Crippen molar-refractivity contribution in [2.24, 2.45) is 0 Å². The second kappa shape index (κ2) is 8.61. The lowest BCUT2D eigenvalue weighted by atomic mass is 9.96. The Bertz CT molecular complexity index is 1240. The van der Waals surface area contributed by atoms with Crippen LogP contribution in [0.15, 0.2) is 65.6 Å². The van der Waals surface area contributed by atoms with E-state index in [0.29, 0.717) is 18.9 Å². The first-order valence-corrected chi connectivity index (χ1v) is 11.0. The molecule has 0 saturated heterocycles. The van der Waals surface area contributed by atoms with Gasteiger partial charge < -0.3 is 14.7 Å². The first-order chi connectivity index (χ1) is 16.0. The van der Waals surface area contributed by atoms with Crippen LogP contribution in [0, 0.1) is 5.82 Å². The predicted octanol–water partition coefficient (Wildman–Crippen LogP) is 3.40. The first-order valence-electron chi connectivity index (χ1n) is 11.0. The summed E-state index contributed by atoms with van der Waals surface area (Å²) in [4.78, 5) is 27.1. The summed E-state index contributed by atoms with van der Waals surface area (Å²) in [5, 5.41) is 12.5. The Labute approximate surface area is 190 Å². The minimum absolute atomic E-state index is 0.0729. The summed E-state index contributed by atoms with van der Waals surface area (Å²) in [7, 11) is 0. The topological polar surface area (TPSA) is 75.0 Å². The van der Waals surface area contributed by atoms with Crippen molar-refractivity contribution in [1.29, 1.82) is 0 Å². The fourth-order valence-corrected chi connectivity index (χ4v) is 4.54.